The van der Waals surface area contributed by atoms with Gasteiger partial charge in [-0.3, -0.25) is 4.79 Å². The van der Waals surface area contributed by atoms with Crippen LogP contribution in [0.2, 0.25) is 0 Å². The summed E-state index contributed by atoms with van der Waals surface area (Å²) in [7, 11) is 0. The molecule has 0 saturated carbocycles. The third-order valence-corrected chi connectivity index (χ3v) is 15.1. The van der Waals surface area contributed by atoms with E-state index in [1.54, 1.807) is 6.08 Å². The molecule has 0 spiro atoms. The number of hydrogen-bond donors (Lipinski definition) is 4. The average molecular weight is 976 g/mol. The van der Waals surface area contributed by atoms with Crippen LogP contribution in [-0.2, 0) is 9.53 Å². The van der Waals surface area contributed by atoms with Crippen molar-refractivity contribution in [3.05, 3.63) is 228 Å². The molecule has 0 radical (unpaired) electrons. The number of nitrogens with zero attached hydrogens (tertiary/aromatic N) is 3. The highest BCUT2D eigenvalue weighted by atomic mass is 16.5. The molecule has 0 aromatic heterocycles. The number of ether oxygens (including phenoxy) is 1. The van der Waals surface area contributed by atoms with E-state index in [4.69, 9.17) is 4.74 Å². The number of phenolic OH excluding ortho intramolecular Hbond substituents is 2. The molecule has 9 aromatic rings. The van der Waals surface area contributed by atoms with Crippen molar-refractivity contribution in [2.75, 3.05) is 37.7 Å². The number of aromatic hydroxyl groups is 2. The highest BCUT2D eigenvalue weighted by molar-refractivity contribution is 6.40. The fraction of sp³-hybridized carbons (Fsp3) is 0.138. The Morgan fingerprint density at radius 3 is 1.39 bits per heavy atom. The van der Waals surface area contributed by atoms with Gasteiger partial charge in [0.05, 0.1) is 72.9 Å². The summed E-state index contributed by atoms with van der Waals surface area (Å²) in [5.74, 6) is -2.07. The molecular formula is C65H57N3O6+2. The van der Waals surface area contributed by atoms with Crippen LogP contribution in [-0.4, -0.2) is 69.2 Å². The summed E-state index contributed by atoms with van der Waals surface area (Å²) in [5.41, 5.74) is 3.56. The Hall–Kier alpha value is -8.92. The van der Waals surface area contributed by atoms with Gasteiger partial charge in [0.15, 0.2) is 0 Å². The molecule has 0 saturated heterocycles. The lowest BCUT2D eigenvalue weighted by molar-refractivity contribution is -0.923. The highest BCUT2D eigenvalue weighted by Gasteiger charge is 2.43. The zero-order chi connectivity index (χ0) is 51.1. The molecule has 0 atom stereocenters. The number of ketones is 1. The van der Waals surface area contributed by atoms with Crippen LogP contribution < -0.4 is 9.48 Å². The largest absolute Gasteiger partial charge is 0.507 e. The molecular weight excluding hydrogens is 919 g/mol. The fourth-order valence-electron chi connectivity index (χ4n) is 10.8. The number of quaternary nitrogens is 1. The zero-order valence-corrected chi connectivity index (χ0v) is 41.7. The number of Topliss-reactive ketones (excluding diaryl/α,β-unsaturated/α-hetero) is 1. The smallest absolute Gasteiger partial charge is 0.219 e. The molecule has 9 nitrogen and oxygen atoms in total. The Labute approximate surface area is 430 Å². The van der Waals surface area contributed by atoms with Crippen LogP contribution in [0, 0.1) is 0 Å². The van der Waals surface area contributed by atoms with Gasteiger partial charge in [-0.15, -0.1) is 0 Å². The molecule has 366 valence electrons. The third kappa shape index (κ3) is 8.61. The SMILES string of the molecule is CC[N+](CC)(CC)CCCOC1=CC(=[N+](c2ccc3ccccc3c2)c2ccc3ccccc3c2)C=C(O)C1=C1C(=O)C(c2c(O)cc(N(c3ccc4ccccc4c3)c3ccc4ccccc4c3)cc2O)=C1O. The van der Waals surface area contributed by atoms with Crippen molar-refractivity contribution >= 4 is 88.6 Å². The van der Waals surface area contributed by atoms with Crippen LogP contribution in [0.1, 0.15) is 32.8 Å². The Bertz CT molecular complexity index is 3700. The Morgan fingerprint density at radius 2 is 0.932 bits per heavy atom. The zero-order valence-electron chi connectivity index (χ0n) is 41.7. The molecule has 2 aliphatic rings. The first-order valence-electron chi connectivity index (χ1n) is 25.4. The van der Waals surface area contributed by atoms with Crippen molar-refractivity contribution < 1.29 is 34.4 Å². The van der Waals surface area contributed by atoms with Crippen molar-refractivity contribution in [2.45, 2.75) is 27.2 Å². The standard InChI is InChI=1S/C65H55N3O6/c1-4-68(5-2,6-3)32-15-33-74-59-41-55(67(52-30-26-44-18-9-13-22-48(44)36-52)53-31-27-45-19-10-14-23-49(45)37-53)40-58(71)61(59)63-64(72)62(65(63)73)60-56(69)38-54(39-57(60)70)66(50-28-24-42-16-7-11-20-46(42)34-50)51-29-25-43-17-8-12-21-47(43)35-51/h7-14,16-31,34-41H,4-6,15,32-33H2,1-3H3,(H2-,69,70,71,72,73)/p+2. The molecule has 9 heteroatoms. The lowest BCUT2D eigenvalue weighted by Crippen LogP contribution is -2.48. The van der Waals surface area contributed by atoms with Gasteiger partial charge in [0.25, 0.3) is 0 Å². The predicted octanol–water partition coefficient (Wildman–Crippen LogP) is 14.9. The molecule has 0 aliphatic heterocycles. The van der Waals surface area contributed by atoms with Crippen LogP contribution in [0.5, 0.6) is 11.5 Å². The molecule has 74 heavy (non-hydrogen) atoms. The van der Waals surface area contributed by atoms with Gasteiger partial charge in [-0.05, 0) is 100 Å². The maximum absolute atomic E-state index is 14.7. The molecule has 0 unspecified atom stereocenters. The average Bonchev–Trinajstić information content (AvgIpc) is 3.44. The van der Waals surface area contributed by atoms with E-state index in [1.165, 1.54) is 12.1 Å². The second-order valence-electron chi connectivity index (χ2n) is 19.1. The summed E-state index contributed by atoms with van der Waals surface area (Å²) < 4.78 is 9.63. The fourth-order valence-corrected chi connectivity index (χ4v) is 10.8. The minimum absolute atomic E-state index is 0.0218. The summed E-state index contributed by atoms with van der Waals surface area (Å²) in [6, 6.07) is 59.9. The van der Waals surface area contributed by atoms with Crippen LogP contribution in [0.3, 0.4) is 0 Å². The summed E-state index contributed by atoms with van der Waals surface area (Å²) in [6.07, 6.45) is 4.09. The minimum Gasteiger partial charge on any atom is -0.507 e. The van der Waals surface area contributed by atoms with E-state index < -0.39 is 23.0 Å². The number of hydrogen-bond acceptors (Lipinski definition) is 7. The quantitative estimate of drug-likeness (QED) is 0.0371. The van der Waals surface area contributed by atoms with Gasteiger partial charge >= 0.3 is 0 Å². The number of fused-ring (bicyclic) bond motifs is 4. The van der Waals surface area contributed by atoms with Crippen LogP contribution in [0.4, 0.5) is 28.4 Å². The van der Waals surface area contributed by atoms with Gasteiger partial charge < -0.3 is 34.5 Å². The Morgan fingerprint density at radius 1 is 0.486 bits per heavy atom. The minimum atomic E-state index is -0.672. The second kappa shape index (κ2) is 19.6. The van der Waals surface area contributed by atoms with Gasteiger partial charge in [0.1, 0.15) is 28.8 Å². The van der Waals surface area contributed by atoms with Gasteiger partial charge in [0.2, 0.25) is 22.9 Å². The normalized spacial score (nSPS) is 14.9. The van der Waals surface area contributed by atoms with Crippen molar-refractivity contribution in [1.29, 1.82) is 0 Å². The molecule has 9 aromatic carbocycles. The number of benzene rings is 9. The lowest BCUT2D eigenvalue weighted by Gasteiger charge is -2.35. The van der Waals surface area contributed by atoms with Gasteiger partial charge in [0, 0.05) is 54.2 Å². The lowest BCUT2D eigenvalue weighted by atomic mass is 9.78. The van der Waals surface area contributed by atoms with Crippen molar-refractivity contribution in [1.82, 2.24) is 4.58 Å². The number of phenols is 2. The summed E-state index contributed by atoms with van der Waals surface area (Å²) in [4.78, 5) is 16.6. The third-order valence-electron chi connectivity index (χ3n) is 15.1. The molecule has 0 heterocycles. The first-order chi connectivity index (χ1) is 36.1. The molecule has 4 N–H and O–H groups in total. The summed E-state index contributed by atoms with van der Waals surface area (Å²) in [6.45, 7) is 10.6. The van der Waals surface area contributed by atoms with Crippen LogP contribution in [0.25, 0.3) is 48.7 Å². The number of carbonyl (C=O) groups excluding carboxylic acids is 1. The number of aliphatic hydroxyl groups excluding tert-OH is 2. The van der Waals surface area contributed by atoms with Crippen LogP contribution >= 0.6 is 0 Å². The first-order valence-corrected chi connectivity index (χ1v) is 25.4. The Kier molecular flexibility index (Phi) is 12.6. The molecule has 0 bridgehead atoms. The number of aliphatic hydroxyl groups is 2. The van der Waals surface area contributed by atoms with E-state index in [1.807, 2.05) is 137 Å². The van der Waals surface area contributed by atoms with E-state index >= 15 is 0 Å². The van der Waals surface area contributed by atoms with E-state index in [2.05, 4.69) is 69.3 Å². The van der Waals surface area contributed by atoms with E-state index in [0.717, 1.165) is 96.5 Å². The molecule has 2 aliphatic carbocycles. The van der Waals surface area contributed by atoms with Crippen molar-refractivity contribution in [3.8, 4) is 11.5 Å². The second-order valence-corrected chi connectivity index (χ2v) is 19.1. The van der Waals surface area contributed by atoms with E-state index in [-0.39, 0.29) is 40.4 Å². The topological polar surface area (TPSA) is 113 Å². The number of rotatable bonds is 14. The monoisotopic (exact) mass is 975 g/mol. The first kappa shape index (κ1) is 47.4. The summed E-state index contributed by atoms with van der Waals surface area (Å²) >= 11 is 0. The van der Waals surface area contributed by atoms with E-state index in [9.17, 15) is 25.2 Å². The van der Waals surface area contributed by atoms with Gasteiger partial charge in [-0.2, -0.15) is 4.58 Å². The van der Waals surface area contributed by atoms with Crippen molar-refractivity contribution in [2.24, 2.45) is 0 Å². The number of carbonyl (C=O) groups is 1. The number of allylic oxidation sites excluding steroid dienone is 4. The van der Waals surface area contributed by atoms with Crippen LogP contribution in [0.15, 0.2) is 223 Å². The van der Waals surface area contributed by atoms with Gasteiger partial charge in [-0.1, -0.05) is 109 Å². The maximum Gasteiger partial charge on any atom is 0.219 e. The maximum atomic E-state index is 14.7. The molecule has 0 amide bonds. The van der Waals surface area contributed by atoms with Crippen molar-refractivity contribution in [3.63, 3.8) is 0 Å². The molecule has 11 rings (SSSR count). The predicted molar refractivity (Wildman–Crippen MR) is 302 cm³/mol. The Balaban J connectivity index is 1.03. The van der Waals surface area contributed by atoms with E-state index in [0.29, 0.717) is 17.8 Å². The number of anilines is 3. The highest BCUT2D eigenvalue weighted by Crippen LogP contribution is 2.50. The summed E-state index contributed by atoms with van der Waals surface area (Å²) in [5, 5.41) is 56.6. The molecule has 0 fully saturated rings. The van der Waals surface area contributed by atoms with Gasteiger partial charge in [-0.25, -0.2) is 0 Å².